The minimum atomic E-state index is 0.0137. The van der Waals surface area contributed by atoms with Crippen LogP contribution in [-0.2, 0) is 0 Å². The van der Waals surface area contributed by atoms with Crippen LogP contribution in [0.15, 0.2) is 54.6 Å². The fourth-order valence-electron chi connectivity index (χ4n) is 2.24. The molecule has 0 amide bonds. The van der Waals surface area contributed by atoms with Gasteiger partial charge in [-0.15, -0.1) is 0 Å². The summed E-state index contributed by atoms with van der Waals surface area (Å²) in [5.74, 6) is 0.697. The lowest BCUT2D eigenvalue weighted by Crippen LogP contribution is -2.06. The highest BCUT2D eigenvalue weighted by atomic mass is 16.5. The summed E-state index contributed by atoms with van der Waals surface area (Å²) < 4.78 is 5.81. The first-order chi connectivity index (χ1) is 10.3. The van der Waals surface area contributed by atoms with Gasteiger partial charge in [-0.25, -0.2) is 0 Å². The van der Waals surface area contributed by atoms with Crippen LogP contribution in [0.2, 0.25) is 0 Å². The number of unbranched alkanes of at least 4 members (excludes halogenated alkanes) is 3. The average molecular weight is 282 g/mol. The molecule has 0 heterocycles. The molecule has 2 nitrogen and oxygen atoms in total. The Morgan fingerprint density at radius 1 is 0.905 bits per heavy atom. The summed E-state index contributed by atoms with van der Waals surface area (Å²) in [5.41, 5.74) is 1.33. The van der Waals surface area contributed by atoms with Gasteiger partial charge in [-0.1, -0.05) is 68.7 Å². The van der Waals surface area contributed by atoms with Gasteiger partial charge >= 0.3 is 0 Å². The second kappa shape index (κ2) is 8.25. The van der Waals surface area contributed by atoms with Crippen molar-refractivity contribution >= 4 is 5.78 Å². The number of rotatable bonds is 8. The predicted molar refractivity (Wildman–Crippen MR) is 86.0 cm³/mol. The van der Waals surface area contributed by atoms with Crippen molar-refractivity contribution in [3.63, 3.8) is 0 Å². The molecular weight excluding hydrogens is 260 g/mol. The zero-order valence-corrected chi connectivity index (χ0v) is 12.5. The third-order valence-corrected chi connectivity index (χ3v) is 3.42. The Morgan fingerprint density at radius 2 is 1.62 bits per heavy atom. The molecule has 0 saturated carbocycles. The third-order valence-electron chi connectivity index (χ3n) is 3.42. The van der Waals surface area contributed by atoms with Crippen molar-refractivity contribution in [3.05, 3.63) is 65.7 Å². The molecule has 21 heavy (non-hydrogen) atoms. The van der Waals surface area contributed by atoms with Gasteiger partial charge in [-0.3, -0.25) is 4.79 Å². The van der Waals surface area contributed by atoms with Crippen LogP contribution in [0.4, 0.5) is 0 Å². The highest BCUT2D eigenvalue weighted by Gasteiger charge is 2.13. The van der Waals surface area contributed by atoms with Gasteiger partial charge in [0.15, 0.2) is 5.78 Å². The van der Waals surface area contributed by atoms with Gasteiger partial charge in [-0.05, 0) is 18.6 Å². The van der Waals surface area contributed by atoms with Crippen LogP contribution >= 0.6 is 0 Å². The Morgan fingerprint density at radius 3 is 2.38 bits per heavy atom. The summed E-state index contributed by atoms with van der Waals surface area (Å²) in [6.45, 7) is 2.85. The number of carbonyl (C=O) groups excluding carboxylic acids is 1. The van der Waals surface area contributed by atoms with Crippen LogP contribution in [0.5, 0.6) is 5.75 Å². The molecule has 0 bridgehead atoms. The molecule has 0 saturated heterocycles. The standard InChI is InChI=1S/C19H22O2/c1-2-3-4-10-15-21-18-14-9-8-13-17(18)19(20)16-11-6-5-7-12-16/h5-9,11-14H,2-4,10,15H2,1H3. The molecule has 0 spiro atoms. The highest BCUT2D eigenvalue weighted by molar-refractivity contribution is 6.10. The second-order valence-corrected chi connectivity index (χ2v) is 5.10. The van der Waals surface area contributed by atoms with E-state index in [2.05, 4.69) is 6.92 Å². The lowest BCUT2D eigenvalue weighted by Gasteiger charge is -2.10. The summed E-state index contributed by atoms with van der Waals surface area (Å²) >= 11 is 0. The molecule has 2 rings (SSSR count). The number of benzene rings is 2. The van der Waals surface area contributed by atoms with Crippen LogP contribution in [0.25, 0.3) is 0 Å². The monoisotopic (exact) mass is 282 g/mol. The highest BCUT2D eigenvalue weighted by Crippen LogP contribution is 2.22. The van der Waals surface area contributed by atoms with E-state index in [0.29, 0.717) is 23.5 Å². The Bertz CT molecular complexity index is 561. The zero-order valence-electron chi connectivity index (χ0n) is 12.5. The van der Waals surface area contributed by atoms with Crippen molar-refractivity contribution in [1.29, 1.82) is 0 Å². The lowest BCUT2D eigenvalue weighted by atomic mass is 10.0. The van der Waals surface area contributed by atoms with E-state index in [1.165, 1.54) is 19.3 Å². The predicted octanol–water partition coefficient (Wildman–Crippen LogP) is 4.88. The first kappa shape index (κ1) is 15.3. The van der Waals surface area contributed by atoms with Gasteiger partial charge in [0.1, 0.15) is 5.75 Å². The molecule has 2 aromatic carbocycles. The van der Waals surface area contributed by atoms with Crippen LogP contribution in [0, 0.1) is 0 Å². The molecule has 0 aliphatic heterocycles. The summed E-state index contributed by atoms with van der Waals surface area (Å²) in [4.78, 5) is 12.5. The molecule has 0 unspecified atom stereocenters. The number of carbonyl (C=O) groups is 1. The van der Waals surface area contributed by atoms with Crippen molar-refractivity contribution in [1.82, 2.24) is 0 Å². The van der Waals surface area contributed by atoms with Crippen molar-refractivity contribution in [2.75, 3.05) is 6.61 Å². The lowest BCUT2D eigenvalue weighted by molar-refractivity contribution is 0.103. The summed E-state index contributed by atoms with van der Waals surface area (Å²) in [5, 5.41) is 0. The second-order valence-electron chi connectivity index (χ2n) is 5.10. The molecule has 0 radical (unpaired) electrons. The van der Waals surface area contributed by atoms with E-state index in [0.717, 1.165) is 6.42 Å². The van der Waals surface area contributed by atoms with Gasteiger partial charge in [0.2, 0.25) is 0 Å². The number of ketones is 1. The number of ether oxygens (including phenoxy) is 1. The van der Waals surface area contributed by atoms with Crippen molar-refractivity contribution < 1.29 is 9.53 Å². The van der Waals surface area contributed by atoms with Crippen LogP contribution in [-0.4, -0.2) is 12.4 Å². The summed E-state index contributed by atoms with van der Waals surface area (Å²) in [7, 11) is 0. The fraction of sp³-hybridized carbons (Fsp3) is 0.316. The molecule has 0 fully saturated rings. The Kier molecular flexibility index (Phi) is 6.01. The average Bonchev–Trinajstić information content (AvgIpc) is 2.55. The van der Waals surface area contributed by atoms with Gasteiger partial charge in [0, 0.05) is 5.56 Å². The normalized spacial score (nSPS) is 10.3. The van der Waals surface area contributed by atoms with Gasteiger partial charge in [0.05, 0.1) is 12.2 Å². The first-order valence-electron chi connectivity index (χ1n) is 7.64. The zero-order chi connectivity index (χ0) is 14.9. The Labute approximate surface area is 126 Å². The van der Waals surface area contributed by atoms with E-state index in [4.69, 9.17) is 4.74 Å². The molecule has 0 atom stereocenters. The summed E-state index contributed by atoms with van der Waals surface area (Å²) in [6.07, 6.45) is 4.64. The van der Waals surface area contributed by atoms with E-state index in [1.54, 1.807) is 0 Å². The molecule has 0 N–H and O–H groups in total. The summed E-state index contributed by atoms with van der Waals surface area (Å²) in [6, 6.07) is 16.8. The van der Waals surface area contributed by atoms with E-state index < -0.39 is 0 Å². The van der Waals surface area contributed by atoms with E-state index in [1.807, 2.05) is 54.6 Å². The van der Waals surface area contributed by atoms with Crippen molar-refractivity contribution in [3.8, 4) is 5.75 Å². The quantitative estimate of drug-likeness (QED) is 0.509. The molecule has 2 aromatic rings. The smallest absolute Gasteiger partial charge is 0.196 e. The minimum absolute atomic E-state index is 0.0137. The first-order valence-corrected chi connectivity index (χ1v) is 7.64. The third kappa shape index (κ3) is 4.45. The van der Waals surface area contributed by atoms with Crippen LogP contribution in [0.3, 0.4) is 0 Å². The fourth-order valence-corrected chi connectivity index (χ4v) is 2.24. The Hall–Kier alpha value is -2.09. The largest absolute Gasteiger partial charge is 0.493 e. The number of para-hydroxylation sites is 1. The number of hydrogen-bond acceptors (Lipinski definition) is 2. The maximum absolute atomic E-state index is 12.5. The molecule has 0 aromatic heterocycles. The van der Waals surface area contributed by atoms with Crippen molar-refractivity contribution in [2.45, 2.75) is 32.6 Å². The van der Waals surface area contributed by atoms with E-state index in [9.17, 15) is 4.79 Å². The van der Waals surface area contributed by atoms with E-state index >= 15 is 0 Å². The molecule has 0 aliphatic carbocycles. The topological polar surface area (TPSA) is 26.3 Å². The molecule has 110 valence electrons. The Balaban J connectivity index is 2.05. The van der Waals surface area contributed by atoms with Gasteiger partial charge < -0.3 is 4.74 Å². The van der Waals surface area contributed by atoms with Crippen molar-refractivity contribution in [2.24, 2.45) is 0 Å². The molecule has 2 heteroatoms. The molecular formula is C19H22O2. The maximum Gasteiger partial charge on any atom is 0.196 e. The van der Waals surface area contributed by atoms with E-state index in [-0.39, 0.29) is 5.78 Å². The van der Waals surface area contributed by atoms with Gasteiger partial charge in [-0.2, -0.15) is 0 Å². The maximum atomic E-state index is 12.5. The van der Waals surface area contributed by atoms with Crippen LogP contribution in [0.1, 0.15) is 48.5 Å². The molecule has 0 aliphatic rings. The van der Waals surface area contributed by atoms with Crippen LogP contribution < -0.4 is 4.74 Å². The minimum Gasteiger partial charge on any atom is -0.493 e. The number of hydrogen-bond donors (Lipinski definition) is 0. The SMILES string of the molecule is CCCCCCOc1ccccc1C(=O)c1ccccc1. The van der Waals surface area contributed by atoms with Gasteiger partial charge in [0.25, 0.3) is 0 Å².